The van der Waals surface area contributed by atoms with Gasteiger partial charge in [0, 0.05) is 18.1 Å². The first-order valence-corrected chi connectivity index (χ1v) is 9.46. The highest BCUT2D eigenvalue weighted by Gasteiger charge is 2.10. The number of hydrogen-bond donors (Lipinski definition) is 2. The van der Waals surface area contributed by atoms with Crippen molar-refractivity contribution in [3.8, 4) is 11.5 Å². The molecule has 0 atom stereocenters. The molecule has 6 heteroatoms. The van der Waals surface area contributed by atoms with E-state index in [9.17, 15) is 4.79 Å². The first-order chi connectivity index (χ1) is 14.7. The molecular formula is C24H20N4O2. The summed E-state index contributed by atoms with van der Waals surface area (Å²) >= 11 is 0. The molecular weight excluding hydrogens is 376 g/mol. The van der Waals surface area contributed by atoms with Crippen LogP contribution < -0.4 is 15.4 Å². The van der Waals surface area contributed by atoms with Crippen LogP contribution in [0.4, 0.5) is 17.3 Å². The van der Waals surface area contributed by atoms with Crippen molar-refractivity contribution in [2.24, 2.45) is 0 Å². The number of carbonyl (C=O) groups excluding carboxylic acids is 1. The first-order valence-electron chi connectivity index (χ1n) is 9.46. The number of benzene rings is 3. The van der Waals surface area contributed by atoms with E-state index in [1.165, 1.54) is 12.4 Å². The minimum Gasteiger partial charge on any atom is -0.455 e. The summed E-state index contributed by atoms with van der Waals surface area (Å²) in [6, 6.07) is 24.6. The van der Waals surface area contributed by atoms with Crippen LogP contribution >= 0.6 is 0 Å². The van der Waals surface area contributed by atoms with Crippen LogP contribution in [0, 0.1) is 6.92 Å². The summed E-state index contributed by atoms with van der Waals surface area (Å²) < 4.78 is 5.94. The zero-order chi connectivity index (χ0) is 20.8. The maximum Gasteiger partial charge on any atom is 0.258 e. The second kappa shape index (κ2) is 8.87. The molecule has 4 aromatic rings. The van der Waals surface area contributed by atoms with E-state index in [-0.39, 0.29) is 5.91 Å². The number of nitrogens with one attached hydrogen (secondary N) is 2. The molecule has 30 heavy (non-hydrogen) atoms. The third kappa shape index (κ3) is 4.80. The zero-order valence-corrected chi connectivity index (χ0v) is 16.4. The van der Waals surface area contributed by atoms with Crippen molar-refractivity contribution in [2.75, 3.05) is 10.6 Å². The van der Waals surface area contributed by atoms with E-state index in [1.807, 2.05) is 85.8 Å². The standard InChI is InChI=1S/C24H20N4O2/c1-17-11-13-19(14-12-17)27-23(29)18-15-25-24(26-16-18)28-21-9-5-6-10-22(21)30-20-7-3-2-4-8-20/h2-16H,1H3,(H,27,29)(H,25,26,28). The van der Waals surface area contributed by atoms with Crippen molar-refractivity contribution < 1.29 is 9.53 Å². The van der Waals surface area contributed by atoms with E-state index in [1.54, 1.807) is 0 Å². The molecule has 0 aliphatic carbocycles. The van der Waals surface area contributed by atoms with E-state index < -0.39 is 0 Å². The van der Waals surface area contributed by atoms with Crippen LogP contribution in [0.1, 0.15) is 15.9 Å². The van der Waals surface area contributed by atoms with Gasteiger partial charge in [-0.15, -0.1) is 0 Å². The molecule has 0 fully saturated rings. The Morgan fingerprint density at radius 2 is 1.50 bits per heavy atom. The van der Waals surface area contributed by atoms with Crippen LogP contribution in [0.5, 0.6) is 11.5 Å². The number of para-hydroxylation sites is 3. The number of hydrogen-bond acceptors (Lipinski definition) is 5. The maximum atomic E-state index is 12.4. The van der Waals surface area contributed by atoms with Gasteiger partial charge in [0.25, 0.3) is 5.91 Å². The van der Waals surface area contributed by atoms with Crippen LogP contribution in [0.15, 0.2) is 91.3 Å². The van der Waals surface area contributed by atoms with Gasteiger partial charge in [-0.3, -0.25) is 4.79 Å². The van der Waals surface area contributed by atoms with Crippen LogP contribution in [0.25, 0.3) is 0 Å². The van der Waals surface area contributed by atoms with E-state index in [0.29, 0.717) is 17.3 Å². The van der Waals surface area contributed by atoms with Crippen molar-refractivity contribution in [2.45, 2.75) is 6.92 Å². The Morgan fingerprint density at radius 3 is 2.23 bits per heavy atom. The molecule has 0 aliphatic heterocycles. The molecule has 1 aromatic heterocycles. The summed E-state index contributed by atoms with van der Waals surface area (Å²) in [7, 11) is 0. The molecule has 0 unspecified atom stereocenters. The molecule has 4 rings (SSSR count). The largest absolute Gasteiger partial charge is 0.455 e. The lowest BCUT2D eigenvalue weighted by atomic mass is 10.2. The van der Waals surface area contributed by atoms with E-state index in [2.05, 4.69) is 20.6 Å². The van der Waals surface area contributed by atoms with Crippen molar-refractivity contribution in [3.63, 3.8) is 0 Å². The number of aryl methyl sites for hydroxylation is 1. The third-order valence-electron chi connectivity index (χ3n) is 4.33. The first kappa shape index (κ1) is 19.1. The number of aromatic nitrogens is 2. The van der Waals surface area contributed by atoms with Gasteiger partial charge in [0.1, 0.15) is 5.75 Å². The molecule has 2 N–H and O–H groups in total. The fraction of sp³-hybridized carbons (Fsp3) is 0.0417. The SMILES string of the molecule is Cc1ccc(NC(=O)c2cnc(Nc3ccccc3Oc3ccccc3)nc2)cc1. The predicted molar refractivity (Wildman–Crippen MR) is 117 cm³/mol. The van der Waals surface area contributed by atoms with Gasteiger partial charge in [0.15, 0.2) is 5.75 Å². The van der Waals surface area contributed by atoms with Gasteiger partial charge in [-0.25, -0.2) is 9.97 Å². The lowest BCUT2D eigenvalue weighted by Crippen LogP contribution is -2.13. The number of anilines is 3. The summed E-state index contributed by atoms with van der Waals surface area (Å²) in [6.07, 6.45) is 2.97. The summed E-state index contributed by atoms with van der Waals surface area (Å²) in [5.41, 5.74) is 2.94. The number of rotatable bonds is 6. The minimum atomic E-state index is -0.266. The monoisotopic (exact) mass is 396 g/mol. The van der Waals surface area contributed by atoms with Gasteiger partial charge >= 0.3 is 0 Å². The fourth-order valence-electron chi connectivity index (χ4n) is 2.74. The fourth-order valence-corrected chi connectivity index (χ4v) is 2.74. The Morgan fingerprint density at radius 1 is 0.833 bits per heavy atom. The van der Waals surface area contributed by atoms with E-state index in [4.69, 9.17) is 4.74 Å². The summed E-state index contributed by atoms with van der Waals surface area (Å²) in [5, 5.41) is 5.97. The topological polar surface area (TPSA) is 76.1 Å². The second-order valence-corrected chi connectivity index (χ2v) is 6.65. The van der Waals surface area contributed by atoms with Crippen LogP contribution in [0.2, 0.25) is 0 Å². The number of nitrogens with zero attached hydrogens (tertiary/aromatic N) is 2. The summed E-state index contributed by atoms with van der Waals surface area (Å²) in [5.74, 6) is 1.48. The quantitative estimate of drug-likeness (QED) is 0.445. The number of carbonyl (C=O) groups is 1. The van der Waals surface area contributed by atoms with Crippen molar-refractivity contribution >= 4 is 23.2 Å². The maximum absolute atomic E-state index is 12.4. The number of ether oxygens (including phenoxy) is 1. The lowest BCUT2D eigenvalue weighted by Gasteiger charge is -2.12. The molecule has 0 radical (unpaired) electrons. The van der Waals surface area contributed by atoms with Crippen LogP contribution in [-0.4, -0.2) is 15.9 Å². The van der Waals surface area contributed by atoms with E-state index >= 15 is 0 Å². The van der Waals surface area contributed by atoms with Gasteiger partial charge in [-0.1, -0.05) is 48.0 Å². The average Bonchev–Trinajstić information content (AvgIpc) is 2.78. The van der Waals surface area contributed by atoms with Crippen molar-refractivity contribution in [1.82, 2.24) is 9.97 Å². The molecule has 148 valence electrons. The van der Waals surface area contributed by atoms with Crippen LogP contribution in [-0.2, 0) is 0 Å². The Balaban J connectivity index is 1.45. The lowest BCUT2D eigenvalue weighted by molar-refractivity contribution is 0.102. The molecule has 0 saturated carbocycles. The summed E-state index contributed by atoms with van der Waals surface area (Å²) in [6.45, 7) is 1.99. The predicted octanol–water partition coefficient (Wildman–Crippen LogP) is 5.57. The smallest absolute Gasteiger partial charge is 0.258 e. The Bertz CT molecular complexity index is 1130. The van der Waals surface area contributed by atoms with Crippen molar-refractivity contribution in [1.29, 1.82) is 0 Å². The average molecular weight is 396 g/mol. The molecule has 0 saturated heterocycles. The minimum absolute atomic E-state index is 0.266. The number of amides is 1. The Hall–Kier alpha value is -4.19. The third-order valence-corrected chi connectivity index (χ3v) is 4.33. The van der Waals surface area contributed by atoms with E-state index in [0.717, 1.165) is 22.7 Å². The van der Waals surface area contributed by atoms with Gasteiger partial charge < -0.3 is 15.4 Å². The van der Waals surface area contributed by atoms with Gasteiger partial charge in [-0.2, -0.15) is 0 Å². The van der Waals surface area contributed by atoms with Crippen molar-refractivity contribution in [3.05, 3.63) is 102 Å². The molecule has 1 amide bonds. The molecule has 3 aromatic carbocycles. The molecule has 0 aliphatic rings. The Kier molecular flexibility index (Phi) is 5.66. The molecule has 1 heterocycles. The highest BCUT2D eigenvalue weighted by atomic mass is 16.5. The highest BCUT2D eigenvalue weighted by molar-refractivity contribution is 6.03. The van der Waals surface area contributed by atoms with Crippen LogP contribution in [0.3, 0.4) is 0 Å². The Labute approximate surface area is 174 Å². The van der Waals surface area contributed by atoms with Gasteiger partial charge in [-0.05, 0) is 43.3 Å². The normalized spacial score (nSPS) is 10.3. The molecule has 0 spiro atoms. The van der Waals surface area contributed by atoms with Gasteiger partial charge in [0.05, 0.1) is 11.3 Å². The molecule has 6 nitrogen and oxygen atoms in total. The second-order valence-electron chi connectivity index (χ2n) is 6.65. The van der Waals surface area contributed by atoms with Gasteiger partial charge in [0.2, 0.25) is 5.95 Å². The summed E-state index contributed by atoms with van der Waals surface area (Å²) in [4.78, 5) is 20.9. The highest BCUT2D eigenvalue weighted by Crippen LogP contribution is 2.30. The zero-order valence-electron chi connectivity index (χ0n) is 16.4. The molecule has 0 bridgehead atoms.